The summed E-state index contributed by atoms with van der Waals surface area (Å²) < 4.78 is 25.8. The molecule has 0 radical (unpaired) electrons. The molecular weight excluding hydrogens is 536 g/mol. The topological polar surface area (TPSA) is 114 Å². The standard InChI is InChI=1S/C26H21BrO9/c1-32-23(28)17-10-15(21(27)12-19(17)25(30)34-3)16-11-18(24(29)33-2)20(26(31)35-4)13-22(16)36-14-8-6-5-7-9-14/h5-13H,1-4H3. The van der Waals surface area contributed by atoms with Gasteiger partial charge in [0.25, 0.3) is 0 Å². The number of benzene rings is 3. The van der Waals surface area contributed by atoms with E-state index in [1.165, 1.54) is 52.7 Å². The van der Waals surface area contributed by atoms with Crippen molar-refractivity contribution in [2.45, 2.75) is 0 Å². The molecule has 0 bridgehead atoms. The third kappa shape index (κ3) is 5.38. The van der Waals surface area contributed by atoms with Crippen LogP contribution in [0.3, 0.4) is 0 Å². The molecule has 0 unspecified atom stereocenters. The summed E-state index contributed by atoms with van der Waals surface area (Å²) >= 11 is 3.42. The zero-order valence-corrected chi connectivity index (χ0v) is 21.3. The van der Waals surface area contributed by atoms with E-state index < -0.39 is 23.9 Å². The third-order valence-corrected chi connectivity index (χ3v) is 5.77. The lowest BCUT2D eigenvalue weighted by atomic mass is 9.94. The summed E-state index contributed by atoms with van der Waals surface area (Å²) in [5, 5.41) is 0. The summed E-state index contributed by atoms with van der Waals surface area (Å²) in [6.45, 7) is 0. The number of rotatable bonds is 7. The normalized spacial score (nSPS) is 10.2. The van der Waals surface area contributed by atoms with E-state index in [1.807, 2.05) is 0 Å². The Bertz CT molecular complexity index is 1330. The summed E-state index contributed by atoms with van der Waals surface area (Å²) in [6.07, 6.45) is 0. The van der Waals surface area contributed by atoms with Gasteiger partial charge in [0.1, 0.15) is 11.5 Å². The lowest BCUT2D eigenvalue weighted by molar-refractivity contribution is 0.0555. The van der Waals surface area contributed by atoms with Gasteiger partial charge in [-0.05, 0) is 36.4 Å². The summed E-state index contributed by atoms with van der Waals surface area (Å²) in [5.41, 5.74) is 0.364. The first-order valence-electron chi connectivity index (χ1n) is 10.3. The molecule has 0 saturated heterocycles. The summed E-state index contributed by atoms with van der Waals surface area (Å²) in [5.74, 6) is -2.50. The van der Waals surface area contributed by atoms with Gasteiger partial charge < -0.3 is 23.7 Å². The Balaban J connectivity index is 2.37. The summed E-state index contributed by atoms with van der Waals surface area (Å²) in [6, 6.07) is 14.2. The molecule has 10 heteroatoms. The maximum atomic E-state index is 12.6. The second-order valence-corrected chi connectivity index (χ2v) is 8.01. The van der Waals surface area contributed by atoms with E-state index >= 15 is 0 Å². The molecule has 0 spiro atoms. The molecule has 0 N–H and O–H groups in total. The number of ether oxygens (including phenoxy) is 5. The monoisotopic (exact) mass is 556 g/mol. The van der Waals surface area contributed by atoms with Crippen LogP contribution < -0.4 is 4.74 Å². The van der Waals surface area contributed by atoms with Crippen LogP contribution in [-0.2, 0) is 18.9 Å². The minimum Gasteiger partial charge on any atom is -0.465 e. The van der Waals surface area contributed by atoms with E-state index in [4.69, 9.17) is 23.7 Å². The van der Waals surface area contributed by atoms with Gasteiger partial charge in [-0.2, -0.15) is 0 Å². The maximum Gasteiger partial charge on any atom is 0.338 e. The van der Waals surface area contributed by atoms with Crippen LogP contribution in [0.25, 0.3) is 11.1 Å². The van der Waals surface area contributed by atoms with Crippen LogP contribution in [-0.4, -0.2) is 52.3 Å². The number of esters is 4. The molecule has 186 valence electrons. The zero-order valence-electron chi connectivity index (χ0n) is 19.7. The first kappa shape index (κ1) is 26.4. The van der Waals surface area contributed by atoms with E-state index in [2.05, 4.69) is 15.9 Å². The molecule has 0 fully saturated rings. The van der Waals surface area contributed by atoms with Crippen molar-refractivity contribution < 1.29 is 42.9 Å². The highest BCUT2D eigenvalue weighted by atomic mass is 79.9. The fourth-order valence-corrected chi connectivity index (χ4v) is 3.94. The lowest BCUT2D eigenvalue weighted by Gasteiger charge is -2.18. The number of hydrogen-bond acceptors (Lipinski definition) is 9. The molecule has 0 aliphatic heterocycles. The fourth-order valence-electron chi connectivity index (χ4n) is 3.39. The highest BCUT2D eigenvalue weighted by Gasteiger charge is 2.27. The highest BCUT2D eigenvalue weighted by Crippen LogP contribution is 2.41. The van der Waals surface area contributed by atoms with Gasteiger partial charge in [0.15, 0.2) is 0 Å². The van der Waals surface area contributed by atoms with Crippen LogP contribution in [0.2, 0.25) is 0 Å². The Morgan fingerprint density at radius 1 is 0.583 bits per heavy atom. The molecule has 3 aromatic rings. The Morgan fingerprint density at radius 2 is 1.00 bits per heavy atom. The summed E-state index contributed by atoms with van der Waals surface area (Å²) in [7, 11) is 4.72. The molecular formula is C26H21BrO9. The van der Waals surface area contributed by atoms with Crippen molar-refractivity contribution in [2.24, 2.45) is 0 Å². The third-order valence-electron chi connectivity index (χ3n) is 5.11. The van der Waals surface area contributed by atoms with Gasteiger partial charge in [-0.3, -0.25) is 0 Å². The van der Waals surface area contributed by atoms with Gasteiger partial charge in [-0.25, -0.2) is 19.2 Å². The van der Waals surface area contributed by atoms with Gasteiger partial charge >= 0.3 is 23.9 Å². The minimum absolute atomic E-state index is 0.0372. The van der Waals surface area contributed by atoms with Crippen molar-refractivity contribution in [3.63, 3.8) is 0 Å². The van der Waals surface area contributed by atoms with Crippen molar-refractivity contribution >= 4 is 39.8 Å². The Hall–Kier alpha value is -4.18. The van der Waals surface area contributed by atoms with Crippen LogP contribution in [0, 0.1) is 0 Å². The van der Waals surface area contributed by atoms with Crippen LogP contribution in [0.5, 0.6) is 11.5 Å². The van der Waals surface area contributed by atoms with Gasteiger partial charge in [0.2, 0.25) is 0 Å². The van der Waals surface area contributed by atoms with Gasteiger partial charge in [-0.1, -0.05) is 34.1 Å². The first-order valence-corrected chi connectivity index (χ1v) is 11.1. The molecule has 3 aromatic carbocycles. The van der Waals surface area contributed by atoms with E-state index in [0.717, 1.165) is 0 Å². The van der Waals surface area contributed by atoms with Crippen molar-refractivity contribution in [3.05, 3.63) is 81.3 Å². The predicted molar refractivity (Wildman–Crippen MR) is 131 cm³/mol. The van der Waals surface area contributed by atoms with Crippen molar-refractivity contribution in [1.82, 2.24) is 0 Å². The molecule has 0 saturated carbocycles. The van der Waals surface area contributed by atoms with Crippen LogP contribution in [0.1, 0.15) is 41.4 Å². The first-order chi connectivity index (χ1) is 17.2. The average Bonchev–Trinajstić information content (AvgIpc) is 2.91. The second-order valence-electron chi connectivity index (χ2n) is 7.15. The van der Waals surface area contributed by atoms with Crippen LogP contribution in [0.15, 0.2) is 59.1 Å². The Morgan fingerprint density at radius 3 is 1.47 bits per heavy atom. The molecule has 9 nitrogen and oxygen atoms in total. The van der Waals surface area contributed by atoms with Crippen LogP contribution in [0.4, 0.5) is 0 Å². The molecule has 0 aromatic heterocycles. The SMILES string of the molecule is COC(=O)c1cc(Br)c(-c2cc(C(=O)OC)c(C(=O)OC)cc2Oc2ccccc2)cc1C(=O)OC. The lowest BCUT2D eigenvalue weighted by Crippen LogP contribution is -2.14. The van der Waals surface area contributed by atoms with E-state index in [0.29, 0.717) is 21.3 Å². The van der Waals surface area contributed by atoms with Gasteiger partial charge in [0, 0.05) is 15.6 Å². The molecule has 0 atom stereocenters. The van der Waals surface area contributed by atoms with Crippen molar-refractivity contribution in [3.8, 4) is 22.6 Å². The largest absolute Gasteiger partial charge is 0.465 e. The van der Waals surface area contributed by atoms with E-state index in [9.17, 15) is 19.2 Å². The van der Waals surface area contributed by atoms with Crippen LogP contribution >= 0.6 is 15.9 Å². The number of para-hydroxylation sites is 1. The van der Waals surface area contributed by atoms with Gasteiger partial charge in [0.05, 0.1) is 50.7 Å². The molecule has 3 rings (SSSR count). The number of halogens is 1. The predicted octanol–water partition coefficient (Wildman–Crippen LogP) is 5.05. The molecule has 0 aliphatic carbocycles. The van der Waals surface area contributed by atoms with E-state index in [-0.39, 0.29) is 28.0 Å². The number of carbonyl (C=O) groups is 4. The number of carbonyl (C=O) groups excluding carboxylic acids is 4. The smallest absolute Gasteiger partial charge is 0.338 e. The second kappa shape index (κ2) is 11.5. The molecule has 36 heavy (non-hydrogen) atoms. The average molecular weight is 557 g/mol. The molecule has 0 heterocycles. The molecule has 0 aliphatic rings. The van der Waals surface area contributed by atoms with Crippen molar-refractivity contribution in [2.75, 3.05) is 28.4 Å². The number of methoxy groups -OCH3 is 4. The summed E-state index contributed by atoms with van der Waals surface area (Å²) in [4.78, 5) is 49.9. The quantitative estimate of drug-likeness (QED) is 0.291. The number of hydrogen-bond donors (Lipinski definition) is 0. The van der Waals surface area contributed by atoms with Gasteiger partial charge in [-0.15, -0.1) is 0 Å². The fraction of sp³-hybridized carbons (Fsp3) is 0.154. The minimum atomic E-state index is -0.793. The molecule has 0 amide bonds. The Kier molecular flexibility index (Phi) is 8.44. The van der Waals surface area contributed by atoms with E-state index in [1.54, 1.807) is 30.3 Å². The maximum absolute atomic E-state index is 12.6. The van der Waals surface area contributed by atoms with Crippen molar-refractivity contribution in [1.29, 1.82) is 0 Å². The Labute approximate surface area is 215 Å². The zero-order chi connectivity index (χ0) is 26.4. The highest BCUT2D eigenvalue weighted by molar-refractivity contribution is 9.10.